The fourth-order valence-electron chi connectivity index (χ4n) is 0.908. The summed E-state index contributed by atoms with van der Waals surface area (Å²) >= 11 is 0. The SMILES string of the molecule is CO[C@@H](C)[C@@H](C)C(C)(C)C. The van der Waals surface area contributed by atoms with Gasteiger partial charge in [0.2, 0.25) is 0 Å². The number of hydrogen-bond donors (Lipinski definition) is 0. The quantitative estimate of drug-likeness (QED) is 0.579. The zero-order valence-electron chi connectivity index (χ0n) is 8.06. The summed E-state index contributed by atoms with van der Waals surface area (Å²) in [5.41, 5.74) is 0.357. The molecular weight excluding hydrogens is 124 g/mol. The highest BCUT2D eigenvalue weighted by Crippen LogP contribution is 2.28. The van der Waals surface area contributed by atoms with Gasteiger partial charge in [0, 0.05) is 7.11 Å². The van der Waals surface area contributed by atoms with Crippen molar-refractivity contribution < 1.29 is 4.74 Å². The van der Waals surface area contributed by atoms with Crippen molar-refractivity contribution in [2.24, 2.45) is 11.3 Å². The summed E-state index contributed by atoms with van der Waals surface area (Å²) in [6, 6.07) is 0. The minimum atomic E-state index is 0.357. The Hall–Kier alpha value is -0.0400. The molecule has 1 heteroatoms. The summed E-state index contributed by atoms with van der Waals surface area (Å²) < 4.78 is 5.24. The first kappa shape index (κ1) is 9.96. The number of methoxy groups -OCH3 is 1. The van der Waals surface area contributed by atoms with E-state index in [0.29, 0.717) is 17.4 Å². The molecule has 0 radical (unpaired) electrons. The van der Waals surface area contributed by atoms with Crippen molar-refractivity contribution in [1.82, 2.24) is 0 Å². The first-order valence-electron chi connectivity index (χ1n) is 3.92. The molecule has 0 amide bonds. The van der Waals surface area contributed by atoms with Crippen LogP contribution in [0.5, 0.6) is 0 Å². The Morgan fingerprint density at radius 2 is 1.50 bits per heavy atom. The number of ether oxygens (including phenoxy) is 1. The van der Waals surface area contributed by atoms with Gasteiger partial charge in [0.25, 0.3) is 0 Å². The van der Waals surface area contributed by atoms with Crippen LogP contribution in [0.1, 0.15) is 34.6 Å². The molecule has 0 bridgehead atoms. The molecule has 0 aliphatic rings. The van der Waals surface area contributed by atoms with E-state index in [9.17, 15) is 0 Å². The predicted molar refractivity (Wildman–Crippen MR) is 45.1 cm³/mol. The summed E-state index contributed by atoms with van der Waals surface area (Å²) in [4.78, 5) is 0. The molecule has 0 spiro atoms. The van der Waals surface area contributed by atoms with Gasteiger partial charge in [-0.2, -0.15) is 0 Å². The van der Waals surface area contributed by atoms with Gasteiger partial charge in [-0.15, -0.1) is 0 Å². The van der Waals surface area contributed by atoms with Gasteiger partial charge in [0.1, 0.15) is 0 Å². The first-order chi connectivity index (χ1) is 4.39. The molecule has 0 aliphatic carbocycles. The molecule has 10 heavy (non-hydrogen) atoms. The van der Waals surface area contributed by atoms with Gasteiger partial charge in [0.15, 0.2) is 0 Å². The lowest BCUT2D eigenvalue weighted by Crippen LogP contribution is -2.28. The van der Waals surface area contributed by atoms with E-state index in [1.807, 2.05) is 0 Å². The molecule has 0 aliphatic heterocycles. The van der Waals surface area contributed by atoms with Crippen LogP contribution >= 0.6 is 0 Å². The minimum Gasteiger partial charge on any atom is -0.381 e. The summed E-state index contributed by atoms with van der Waals surface area (Å²) in [6.45, 7) is 11.1. The standard InChI is InChI=1S/C9H20O/c1-7(8(2)10-6)9(3,4)5/h7-8H,1-6H3/t7-,8+/m1/s1. The smallest absolute Gasteiger partial charge is 0.0573 e. The molecule has 0 unspecified atom stereocenters. The van der Waals surface area contributed by atoms with E-state index < -0.39 is 0 Å². The van der Waals surface area contributed by atoms with Crippen molar-refractivity contribution in [2.75, 3.05) is 7.11 Å². The van der Waals surface area contributed by atoms with Crippen molar-refractivity contribution in [2.45, 2.75) is 40.7 Å². The van der Waals surface area contributed by atoms with Gasteiger partial charge in [0.05, 0.1) is 6.10 Å². The largest absolute Gasteiger partial charge is 0.381 e. The van der Waals surface area contributed by atoms with E-state index in [4.69, 9.17) is 4.74 Å². The summed E-state index contributed by atoms with van der Waals surface area (Å²) in [5.74, 6) is 0.609. The fourth-order valence-corrected chi connectivity index (χ4v) is 0.908. The Morgan fingerprint density at radius 1 is 1.10 bits per heavy atom. The van der Waals surface area contributed by atoms with E-state index >= 15 is 0 Å². The minimum absolute atomic E-state index is 0.357. The topological polar surface area (TPSA) is 9.23 Å². The van der Waals surface area contributed by atoms with E-state index in [1.165, 1.54) is 0 Å². The van der Waals surface area contributed by atoms with Crippen LogP contribution in [0.15, 0.2) is 0 Å². The number of hydrogen-bond acceptors (Lipinski definition) is 1. The average Bonchev–Trinajstić information content (AvgIpc) is 1.83. The maximum Gasteiger partial charge on any atom is 0.0573 e. The zero-order chi connectivity index (χ0) is 8.36. The highest BCUT2D eigenvalue weighted by atomic mass is 16.5. The maximum absolute atomic E-state index is 5.24. The van der Waals surface area contributed by atoms with Gasteiger partial charge < -0.3 is 4.74 Å². The van der Waals surface area contributed by atoms with E-state index in [1.54, 1.807) is 7.11 Å². The van der Waals surface area contributed by atoms with E-state index in [-0.39, 0.29) is 0 Å². The van der Waals surface area contributed by atoms with Gasteiger partial charge in [-0.25, -0.2) is 0 Å². The molecular formula is C9H20O. The molecule has 0 saturated carbocycles. The van der Waals surface area contributed by atoms with Crippen LogP contribution in [-0.2, 0) is 4.74 Å². The van der Waals surface area contributed by atoms with Crippen molar-refractivity contribution in [3.63, 3.8) is 0 Å². The van der Waals surface area contributed by atoms with Crippen LogP contribution < -0.4 is 0 Å². The molecule has 0 aromatic carbocycles. The monoisotopic (exact) mass is 144 g/mol. The molecule has 0 aromatic heterocycles. The highest BCUT2D eigenvalue weighted by Gasteiger charge is 2.24. The summed E-state index contributed by atoms with van der Waals surface area (Å²) in [5, 5.41) is 0. The molecule has 62 valence electrons. The molecule has 0 rings (SSSR count). The van der Waals surface area contributed by atoms with E-state index in [2.05, 4.69) is 34.6 Å². The average molecular weight is 144 g/mol. The zero-order valence-corrected chi connectivity index (χ0v) is 8.06. The second kappa shape index (κ2) is 3.38. The van der Waals surface area contributed by atoms with Crippen LogP contribution in [0.4, 0.5) is 0 Å². The van der Waals surface area contributed by atoms with Gasteiger partial charge in [-0.3, -0.25) is 0 Å². The van der Waals surface area contributed by atoms with Crippen LogP contribution in [0.25, 0.3) is 0 Å². The molecule has 0 aromatic rings. The fraction of sp³-hybridized carbons (Fsp3) is 1.00. The summed E-state index contributed by atoms with van der Waals surface area (Å²) in [6.07, 6.45) is 0.361. The Bertz CT molecular complexity index is 91.4. The lowest BCUT2D eigenvalue weighted by Gasteiger charge is -2.31. The van der Waals surface area contributed by atoms with Crippen LogP contribution in [0, 0.1) is 11.3 Å². The molecule has 2 atom stereocenters. The first-order valence-corrected chi connectivity index (χ1v) is 3.92. The molecule has 0 saturated heterocycles. The van der Waals surface area contributed by atoms with Crippen molar-refractivity contribution in [3.8, 4) is 0 Å². The molecule has 0 fully saturated rings. The second-order valence-corrected chi connectivity index (χ2v) is 4.10. The third-order valence-corrected chi connectivity index (χ3v) is 2.44. The lowest BCUT2D eigenvalue weighted by atomic mass is 9.79. The van der Waals surface area contributed by atoms with Crippen molar-refractivity contribution in [3.05, 3.63) is 0 Å². The molecule has 0 N–H and O–H groups in total. The third kappa shape index (κ3) is 2.70. The van der Waals surface area contributed by atoms with Crippen LogP contribution in [0.3, 0.4) is 0 Å². The van der Waals surface area contributed by atoms with Crippen LogP contribution in [0.2, 0.25) is 0 Å². The Balaban J connectivity index is 3.94. The molecule has 0 heterocycles. The maximum atomic E-state index is 5.24. The number of rotatable bonds is 2. The Labute approximate surface area is 64.8 Å². The van der Waals surface area contributed by atoms with Crippen molar-refractivity contribution >= 4 is 0 Å². The normalized spacial score (nSPS) is 18.6. The Morgan fingerprint density at radius 3 is 1.60 bits per heavy atom. The van der Waals surface area contributed by atoms with Gasteiger partial charge >= 0.3 is 0 Å². The predicted octanol–water partition coefficient (Wildman–Crippen LogP) is 2.70. The van der Waals surface area contributed by atoms with Crippen LogP contribution in [-0.4, -0.2) is 13.2 Å². The molecule has 1 nitrogen and oxygen atoms in total. The van der Waals surface area contributed by atoms with Gasteiger partial charge in [-0.1, -0.05) is 27.7 Å². The Kier molecular flexibility index (Phi) is 3.37. The van der Waals surface area contributed by atoms with E-state index in [0.717, 1.165) is 0 Å². The highest BCUT2D eigenvalue weighted by molar-refractivity contribution is 4.74. The summed E-state index contributed by atoms with van der Waals surface area (Å²) in [7, 11) is 1.77. The van der Waals surface area contributed by atoms with Crippen molar-refractivity contribution in [1.29, 1.82) is 0 Å². The van der Waals surface area contributed by atoms with Gasteiger partial charge in [-0.05, 0) is 18.3 Å². The third-order valence-electron chi connectivity index (χ3n) is 2.44. The second-order valence-electron chi connectivity index (χ2n) is 4.10. The lowest BCUT2D eigenvalue weighted by molar-refractivity contribution is 0.0271.